The maximum absolute atomic E-state index is 3.87. The van der Waals surface area contributed by atoms with Gasteiger partial charge in [-0.3, -0.25) is 0 Å². The van der Waals surface area contributed by atoms with Crippen LogP contribution in [0.3, 0.4) is 0 Å². The second kappa shape index (κ2) is 8.94. The molecule has 0 nitrogen and oxygen atoms in total. The van der Waals surface area contributed by atoms with Crippen molar-refractivity contribution in [1.82, 2.24) is 0 Å². The zero-order valence-electron chi connectivity index (χ0n) is 16.1. The number of hydrogen-bond acceptors (Lipinski definition) is 0. The molecule has 1 aliphatic rings. The topological polar surface area (TPSA) is 0 Å². The molecule has 0 radical (unpaired) electrons. The minimum absolute atomic E-state index is 0.355. The highest BCUT2D eigenvalue weighted by atomic mass is 14.5. The Morgan fingerprint density at radius 2 is 1.91 bits per heavy atom. The molecule has 0 saturated heterocycles. The van der Waals surface area contributed by atoms with Crippen molar-refractivity contribution in [3.05, 3.63) is 24.8 Å². The Morgan fingerprint density at radius 3 is 2.45 bits per heavy atom. The van der Waals surface area contributed by atoms with Gasteiger partial charge < -0.3 is 0 Å². The Hall–Kier alpha value is -0.520. The summed E-state index contributed by atoms with van der Waals surface area (Å²) in [5, 5.41) is 0. The van der Waals surface area contributed by atoms with Crippen LogP contribution in [0.15, 0.2) is 24.8 Å². The highest BCUT2D eigenvalue weighted by Crippen LogP contribution is 2.56. The van der Waals surface area contributed by atoms with Gasteiger partial charge >= 0.3 is 0 Å². The van der Waals surface area contributed by atoms with Gasteiger partial charge in [0, 0.05) is 0 Å². The average molecular weight is 305 g/mol. The number of hydrogen-bond donors (Lipinski definition) is 0. The maximum atomic E-state index is 3.87. The molecule has 1 aliphatic carbocycles. The summed E-state index contributed by atoms with van der Waals surface area (Å²) in [4.78, 5) is 0. The summed E-state index contributed by atoms with van der Waals surface area (Å²) in [6, 6.07) is 0. The fourth-order valence-electron chi connectivity index (χ4n) is 4.24. The Labute approximate surface area is 140 Å². The quantitative estimate of drug-likeness (QED) is 0.278. The second-order valence-electron chi connectivity index (χ2n) is 8.38. The van der Waals surface area contributed by atoms with Gasteiger partial charge in [-0.25, -0.2) is 0 Å². The Balaban J connectivity index is 2.73. The van der Waals surface area contributed by atoms with Gasteiger partial charge in [-0.15, -0.1) is 6.58 Å². The zero-order valence-corrected chi connectivity index (χ0v) is 16.1. The predicted octanol–water partition coefficient (Wildman–Crippen LogP) is 7.27. The summed E-state index contributed by atoms with van der Waals surface area (Å²) in [6.07, 6.45) is 14.8. The zero-order chi connectivity index (χ0) is 16.8. The summed E-state index contributed by atoms with van der Waals surface area (Å²) in [5.74, 6) is 4.36. The van der Waals surface area contributed by atoms with E-state index in [2.05, 4.69) is 66.3 Å². The van der Waals surface area contributed by atoms with Crippen molar-refractivity contribution in [2.75, 3.05) is 0 Å². The highest BCUT2D eigenvalue weighted by Gasteiger charge is 2.48. The first-order valence-corrected chi connectivity index (χ1v) is 9.65. The van der Waals surface area contributed by atoms with Crippen LogP contribution in [0, 0.1) is 35.0 Å². The summed E-state index contributed by atoms with van der Waals surface area (Å²) < 4.78 is 0. The minimum Gasteiger partial charge on any atom is -0.103 e. The molecule has 0 aromatic rings. The largest absolute Gasteiger partial charge is 0.103 e. The molecule has 5 unspecified atom stereocenters. The molecule has 5 atom stereocenters. The van der Waals surface area contributed by atoms with Crippen LogP contribution >= 0.6 is 0 Å². The van der Waals surface area contributed by atoms with Crippen LogP contribution in [0.2, 0.25) is 0 Å². The Morgan fingerprint density at radius 1 is 1.23 bits per heavy atom. The summed E-state index contributed by atoms with van der Waals surface area (Å²) in [6.45, 7) is 18.4. The van der Waals surface area contributed by atoms with Crippen molar-refractivity contribution in [2.24, 2.45) is 35.0 Å². The van der Waals surface area contributed by atoms with Gasteiger partial charge in [-0.1, -0.05) is 59.8 Å². The Kier molecular flexibility index (Phi) is 7.94. The van der Waals surface area contributed by atoms with E-state index in [0.29, 0.717) is 5.41 Å². The van der Waals surface area contributed by atoms with Crippen LogP contribution in [0.4, 0.5) is 0 Å². The molecule has 0 aromatic carbocycles. The van der Waals surface area contributed by atoms with Crippen molar-refractivity contribution in [2.45, 2.75) is 80.1 Å². The molecular formula is C22H40. The molecule has 0 N–H and O–H groups in total. The first kappa shape index (κ1) is 19.5. The normalized spacial score (nSPS) is 26.9. The van der Waals surface area contributed by atoms with Crippen LogP contribution in [-0.2, 0) is 0 Å². The second-order valence-corrected chi connectivity index (χ2v) is 8.38. The molecule has 22 heavy (non-hydrogen) atoms. The third-order valence-corrected chi connectivity index (χ3v) is 6.19. The number of rotatable bonds is 11. The van der Waals surface area contributed by atoms with Gasteiger partial charge in [-0.05, 0) is 73.5 Å². The standard InChI is InChI=1S/C22H40/c1-8-10-12-13-18(5)22(7,14-11-9-2)19(6)21-16-20(21)15-17(3)4/h8,11,14,17-21H,1,9-10,12-13,15-16H2,2-7H3. The third kappa shape index (κ3) is 5.28. The lowest BCUT2D eigenvalue weighted by Gasteiger charge is -2.40. The molecule has 0 heteroatoms. The van der Waals surface area contributed by atoms with Crippen molar-refractivity contribution >= 4 is 0 Å². The van der Waals surface area contributed by atoms with Gasteiger partial charge in [0.15, 0.2) is 0 Å². The fraction of sp³-hybridized carbons (Fsp3) is 0.818. The molecular weight excluding hydrogens is 264 g/mol. The maximum Gasteiger partial charge on any atom is -0.00926 e. The predicted molar refractivity (Wildman–Crippen MR) is 101 cm³/mol. The molecule has 128 valence electrons. The SMILES string of the molecule is C=CCCCC(C)C(C)(C=CCC)C(C)C1CC1CC(C)C. The van der Waals surface area contributed by atoms with E-state index in [1.165, 1.54) is 25.7 Å². The van der Waals surface area contributed by atoms with E-state index < -0.39 is 0 Å². The Bertz CT molecular complexity index is 351. The van der Waals surface area contributed by atoms with Crippen LogP contribution in [0.25, 0.3) is 0 Å². The van der Waals surface area contributed by atoms with E-state index in [4.69, 9.17) is 0 Å². The molecule has 0 bridgehead atoms. The van der Waals surface area contributed by atoms with E-state index in [-0.39, 0.29) is 0 Å². The fourth-order valence-corrected chi connectivity index (χ4v) is 4.24. The first-order valence-electron chi connectivity index (χ1n) is 9.65. The van der Waals surface area contributed by atoms with Crippen LogP contribution in [0.1, 0.15) is 80.1 Å². The molecule has 0 amide bonds. The monoisotopic (exact) mass is 304 g/mol. The van der Waals surface area contributed by atoms with Crippen LogP contribution in [-0.4, -0.2) is 0 Å². The molecule has 0 spiro atoms. The van der Waals surface area contributed by atoms with Gasteiger partial charge in [0.2, 0.25) is 0 Å². The van der Waals surface area contributed by atoms with E-state index in [1.54, 1.807) is 0 Å². The van der Waals surface area contributed by atoms with Crippen LogP contribution < -0.4 is 0 Å². The third-order valence-electron chi connectivity index (χ3n) is 6.19. The number of allylic oxidation sites excluding steroid dienone is 3. The first-order chi connectivity index (χ1) is 10.4. The average Bonchev–Trinajstić information content (AvgIpc) is 3.22. The summed E-state index contributed by atoms with van der Waals surface area (Å²) >= 11 is 0. The molecule has 1 rings (SSSR count). The lowest BCUT2D eigenvalue weighted by molar-refractivity contribution is 0.141. The molecule has 1 fully saturated rings. The lowest BCUT2D eigenvalue weighted by Crippen LogP contribution is -2.32. The van der Waals surface area contributed by atoms with Gasteiger partial charge in [0.05, 0.1) is 0 Å². The molecule has 0 aliphatic heterocycles. The molecule has 0 heterocycles. The van der Waals surface area contributed by atoms with E-state index in [0.717, 1.165) is 42.4 Å². The molecule has 1 saturated carbocycles. The smallest absolute Gasteiger partial charge is 0.00926 e. The lowest BCUT2D eigenvalue weighted by atomic mass is 9.65. The van der Waals surface area contributed by atoms with Gasteiger partial charge in [-0.2, -0.15) is 0 Å². The van der Waals surface area contributed by atoms with Gasteiger partial charge in [0.1, 0.15) is 0 Å². The number of unbranched alkanes of at least 4 members (excludes halogenated alkanes) is 1. The van der Waals surface area contributed by atoms with Crippen molar-refractivity contribution in [3.63, 3.8) is 0 Å². The van der Waals surface area contributed by atoms with Crippen LogP contribution in [0.5, 0.6) is 0 Å². The van der Waals surface area contributed by atoms with E-state index in [1.807, 2.05) is 0 Å². The molecule has 0 aromatic heterocycles. The van der Waals surface area contributed by atoms with Crippen molar-refractivity contribution in [3.8, 4) is 0 Å². The van der Waals surface area contributed by atoms with E-state index in [9.17, 15) is 0 Å². The summed E-state index contributed by atoms with van der Waals surface area (Å²) in [5.41, 5.74) is 0.355. The van der Waals surface area contributed by atoms with Crippen molar-refractivity contribution in [1.29, 1.82) is 0 Å². The summed E-state index contributed by atoms with van der Waals surface area (Å²) in [7, 11) is 0. The van der Waals surface area contributed by atoms with E-state index >= 15 is 0 Å². The highest BCUT2D eigenvalue weighted by molar-refractivity contribution is 5.07. The minimum atomic E-state index is 0.355. The van der Waals surface area contributed by atoms with Gasteiger partial charge in [0.25, 0.3) is 0 Å². The van der Waals surface area contributed by atoms with Crippen molar-refractivity contribution < 1.29 is 0 Å².